The Balaban J connectivity index is 2.90. The standard InChI is InChI=1S/C9H6ClF5O3S2/c10-20(16,17)7-4-5(11)3-6(12)8(7)18-1-2-19-9(13,14)15/h3-4H,1-2H2. The van der Waals surface area contributed by atoms with Crippen molar-refractivity contribution in [3.05, 3.63) is 23.8 Å². The summed E-state index contributed by atoms with van der Waals surface area (Å²) < 4.78 is 88.7. The third-order valence-corrected chi connectivity index (χ3v) is 3.86. The van der Waals surface area contributed by atoms with Crippen LogP contribution in [0.5, 0.6) is 5.75 Å². The van der Waals surface area contributed by atoms with Gasteiger partial charge in [-0.1, -0.05) is 0 Å². The van der Waals surface area contributed by atoms with E-state index in [1.165, 1.54) is 0 Å². The molecule has 0 aliphatic rings. The molecular weight excluding hydrogens is 351 g/mol. The number of benzene rings is 1. The summed E-state index contributed by atoms with van der Waals surface area (Å²) in [7, 11) is 0.461. The SMILES string of the molecule is O=S(=O)(Cl)c1cc(F)cc(F)c1OCCSC(F)(F)F. The maximum absolute atomic E-state index is 13.4. The van der Waals surface area contributed by atoms with Gasteiger partial charge in [-0.05, 0) is 17.8 Å². The fraction of sp³-hybridized carbons (Fsp3) is 0.333. The van der Waals surface area contributed by atoms with Gasteiger partial charge in [0.25, 0.3) is 9.05 Å². The molecule has 3 nitrogen and oxygen atoms in total. The van der Waals surface area contributed by atoms with E-state index in [4.69, 9.17) is 10.7 Å². The van der Waals surface area contributed by atoms with Crippen LogP contribution in [0.2, 0.25) is 0 Å². The second-order valence-electron chi connectivity index (χ2n) is 3.30. The quantitative estimate of drug-likeness (QED) is 0.460. The smallest absolute Gasteiger partial charge is 0.441 e. The average Bonchev–Trinajstić information content (AvgIpc) is 2.23. The molecule has 11 heteroatoms. The van der Waals surface area contributed by atoms with Crippen LogP contribution < -0.4 is 4.74 Å². The van der Waals surface area contributed by atoms with Gasteiger partial charge in [-0.3, -0.25) is 0 Å². The Morgan fingerprint density at radius 1 is 1.25 bits per heavy atom. The average molecular weight is 357 g/mol. The molecule has 1 rings (SSSR count). The monoisotopic (exact) mass is 356 g/mol. The molecule has 0 bridgehead atoms. The number of ether oxygens (including phenoxy) is 1. The molecule has 0 amide bonds. The zero-order chi connectivity index (χ0) is 15.6. The minimum atomic E-state index is -4.51. The highest BCUT2D eigenvalue weighted by Gasteiger charge is 2.28. The summed E-state index contributed by atoms with van der Waals surface area (Å²) in [5, 5.41) is 0. The van der Waals surface area contributed by atoms with Crippen molar-refractivity contribution in [2.24, 2.45) is 0 Å². The lowest BCUT2D eigenvalue weighted by atomic mass is 10.3. The van der Waals surface area contributed by atoms with Crippen molar-refractivity contribution in [3.8, 4) is 5.75 Å². The largest absolute Gasteiger partial charge is 0.488 e. The Kier molecular flexibility index (Phi) is 5.50. The van der Waals surface area contributed by atoms with E-state index < -0.39 is 61.0 Å². The van der Waals surface area contributed by atoms with Crippen LogP contribution in [0.25, 0.3) is 0 Å². The first-order valence-electron chi connectivity index (χ1n) is 4.78. The summed E-state index contributed by atoms with van der Waals surface area (Å²) in [5.74, 6) is -4.09. The van der Waals surface area contributed by atoms with Crippen LogP contribution in [0.3, 0.4) is 0 Å². The van der Waals surface area contributed by atoms with E-state index in [9.17, 15) is 30.4 Å². The molecule has 0 radical (unpaired) electrons. The number of hydrogen-bond acceptors (Lipinski definition) is 4. The van der Waals surface area contributed by atoms with Crippen LogP contribution in [0.15, 0.2) is 17.0 Å². The van der Waals surface area contributed by atoms with Crippen LogP contribution in [0.1, 0.15) is 0 Å². The summed E-state index contributed by atoms with van der Waals surface area (Å²) >= 11 is -0.429. The van der Waals surface area contributed by atoms with Crippen LogP contribution in [-0.2, 0) is 9.05 Å². The summed E-state index contributed by atoms with van der Waals surface area (Å²) in [6.07, 6.45) is 0. The van der Waals surface area contributed by atoms with E-state index in [-0.39, 0.29) is 0 Å². The van der Waals surface area contributed by atoms with Gasteiger partial charge in [-0.15, -0.1) is 0 Å². The molecule has 0 spiro atoms. The number of halogens is 6. The summed E-state index contributed by atoms with van der Waals surface area (Å²) in [4.78, 5) is -0.978. The van der Waals surface area contributed by atoms with Gasteiger partial charge in [0.15, 0.2) is 11.6 Å². The van der Waals surface area contributed by atoms with Crippen LogP contribution >= 0.6 is 22.4 Å². The molecule has 0 saturated heterocycles. The van der Waals surface area contributed by atoms with E-state index in [2.05, 4.69) is 4.74 Å². The maximum atomic E-state index is 13.4. The Morgan fingerprint density at radius 3 is 2.35 bits per heavy atom. The lowest BCUT2D eigenvalue weighted by Crippen LogP contribution is -2.10. The lowest BCUT2D eigenvalue weighted by molar-refractivity contribution is -0.0329. The highest BCUT2D eigenvalue weighted by molar-refractivity contribution is 8.13. The third kappa shape index (κ3) is 5.33. The van der Waals surface area contributed by atoms with Crippen molar-refractivity contribution in [2.45, 2.75) is 10.4 Å². The number of rotatable bonds is 5. The molecule has 0 unspecified atom stereocenters. The fourth-order valence-corrected chi connectivity index (χ4v) is 2.53. The molecule has 114 valence electrons. The van der Waals surface area contributed by atoms with E-state index in [0.717, 1.165) is 0 Å². The highest BCUT2D eigenvalue weighted by atomic mass is 35.7. The molecule has 0 aromatic heterocycles. The van der Waals surface area contributed by atoms with E-state index >= 15 is 0 Å². The zero-order valence-electron chi connectivity index (χ0n) is 9.38. The molecule has 1 aromatic rings. The van der Waals surface area contributed by atoms with Crippen molar-refractivity contribution in [1.82, 2.24) is 0 Å². The van der Waals surface area contributed by atoms with Crippen LogP contribution in [0, 0.1) is 11.6 Å². The predicted molar refractivity (Wildman–Crippen MR) is 63.4 cm³/mol. The van der Waals surface area contributed by atoms with Gasteiger partial charge in [-0.2, -0.15) is 13.2 Å². The van der Waals surface area contributed by atoms with Crippen molar-refractivity contribution < 1.29 is 35.1 Å². The predicted octanol–water partition coefficient (Wildman–Crippen LogP) is 3.52. The summed E-state index contributed by atoms with van der Waals surface area (Å²) in [6, 6.07) is 0.745. The third-order valence-electron chi connectivity index (χ3n) is 1.83. The minimum Gasteiger partial charge on any atom is -0.488 e. The molecular formula is C9H6ClF5O3S2. The summed E-state index contributed by atoms with van der Waals surface area (Å²) in [6.45, 7) is -0.633. The van der Waals surface area contributed by atoms with Gasteiger partial charge < -0.3 is 4.74 Å². The van der Waals surface area contributed by atoms with E-state index in [1.54, 1.807) is 0 Å². The van der Waals surface area contributed by atoms with Crippen molar-refractivity contribution in [1.29, 1.82) is 0 Å². The Labute approximate surface area is 119 Å². The molecule has 0 heterocycles. The molecule has 20 heavy (non-hydrogen) atoms. The second kappa shape index (κ2) is 6.35. The lowest BCUT2D eigenvalue weighted by Gasteiger charge is -2.11. The number of thioether (sulfide) groups is 1. The highest BCUT2D eigenvalue weighted by Crippen LogP contribution is 2.32. The van der Waals surface area contributed by atoms with Crippen molar-refractivity contribution in [2.75, 3.05) is 12.4 Å². The molecule has 0 N–H and O–H groups in total. The Bertz CT molecular complexity index is 588. The molecule has 1 aromatic carbocycles. The molecule has 0 saturated carbocycles. The van der Waals surface area contributed by atoms with Gasteiger partial charge in [0.1, 0.15) is 10.7 Å². The molecule has 0 atom stereocenters. The normalized spacial score (nSPS) is 12.5. The first-order chi connectivity index (χ1) is 9.00. The van der Waals surface area contributed by atoms with Crippen molar-refractivity contribution >= 4 is 31.5 Å². The maximum Gasteiger partial charge on any atom is 0.441 e. The number of hydrogen-bond donors (Lipinski definition) is 0. The zero-order valence-corrected chi connectivity index (χ0v) is 11.8. The molecule has 0 aliphatic heterocycles. The van der Waals surface area contributed by atoms with Gasteiger partial charge in [0, 0.05) is 22.5 Å². The van der Waals surface area contributed by atoms with Crippen molar-refractivity contribution in [3.63, 3.8) is 0 Å². The van der Waals surface area contributed by atoms with Gasteiger partial charge in [-0.25, -0.2) is 17.2 Å². The van der Waals surface area contributed by atoms with Gasteiger partial charge >= 0.3 is 5.51 Å². The minimum absolute atomic E-state index is 0.331. The first kappa shape index (κ1) is 17.3. The van der Waals surface area contributed by atoms with E-state index in [1.807, 2.05) is 0 Å². The van der Waals surface area contributed by atoms with Crippen LogP contribution in [-0.4, -0.2) is 26.3 Å². The van der Waals surface area contributed by atoms with Crippen LogP contribution in [0.4, 0.5) is 22.0 Å². The van der Waals surface area contributed by atoms with Gasteiger partial charge in [0.2, 0.25) is 0 Å². The summed E-state index contributed by atoms with van der Waals surface area (Å²) in [5.41, 5.74) is -4.49. The first-order valence-corrected chi connectivity index (χ1v) is 8.07. The molecule has 0 fully saturated rings. The Hall–Kier alpha value is -0.740. The number of alkyl halides is 3. The Morgan fingerprint density at radius 2 is 1.85 bits per heavy atom. The molecule has 0 aliphatic carbocycles. The second-order valence-corrected chi connectivity index (χ2v) is 6.99. The fourth-order valence-electron chi connectivity index (χ4n) is 1.16. The van der Waals surface area contributed by atoms with Gasteiger partial charge in [0.05, 0.1) is 6.61 Å². The van der Waals surface area contributed by atoms with E-state index in [0.29, 0.717) is 12.1 Å². The topological polar surface area (TPSA) is 43.4 Å².